The molecule has 0 saturated carbocycles. The summed E-state index contributed by atoms with van der Waals surface area (Å²) >= 11 is 3.31. The maximum atomic E-state index is 8.69. The van der Waals surface area contributed by atoms with Crippen molar-refractivity contribution in [1.82, 2.24) is 4.90 Å². The van der Waals surface area contributed by atoms with Crippen LogP contribution in [0.4, 0.5) is 0 Å². The van der Waals surface area contributed by atoms with Crippen molar-refractivity contribution in [2.45, 2.75) is 6.04 Å². The van der Waals surface area contributed by atoms with Crippen LogP contribution in [0.3, 0.4) is 0 Å². The smallest absolute Gasteiger partial charge is 0.313 e. The molecule has 1 aliphatic carbocycles. The normalized spacial score (nSPS) is 22.5. The lowest BCUT2D eigenvalue weighted by Gasteiger charge is -2.17. The molecule has 3 nitrogen and oxygen atoms in total. The van der Waals surface area contributed by atoms with Crippen molar-refractivity contribution in [2.75, 3.05) is 14.1 Å². The van der Waals surface area contributed by atoms with Gasteiger partial charge in [-0.25, -0.2) is 0 Å². The molecule has 0 amide bonds. The minimum Gasteiger partial charge on any atom is -0.361 e. The average molecular weight is 228 g/mol. The molecule has 0 saturated heterocycles. The quantitative estimate of drug-likeness (QED) is 0.494. The molecule has 1 atom stereocenters. The Morgan fingerprint density at radius 3 is 2.75 bits per heavy atom. The Labute approximate surface area is 80.1 Å². The lowest BCUT2D eigenvalue weighted by atomic mass is 10.1. The van der Waals surface area contributed by atoms with Gasteiger partial charge in [0.15, 0.2) is 0 Å². The van der Waals surface area contributed by atoms with Crippen LogP contribution in [0.2, 0.25) is 0 Å². The first-order chi connectivity index (χ1) is 5.65. The first-order valence-corrected chi connectivity index (χ1v) is 4.38. The fraction of sp³-hybridized carbons (Fsp3) is 0.375. The third-order valence-corrected chi connectivity index (χ3v) is 2.19. The first-order valence-electron chi connectivity index (χ1n) is 3.59. The Morgan fingerprint density at radius 2 is 2.25 bits per heavy atom. The molecule has 0 aliphatic heterocycles. The van der Waals surface area contributed by atoms with Gasteiger partial charge < -0.3 is 5.53 Å². The van der Waals surface area contributed by atoms with Crippen LogP contribution >= 0.6 is 15.9 Å². The third-order valence-electron chi connectivity index (χ3n) is 1.70. The molecule has 0 radical (unpaired) electrons. The lowest BCUT2D eigenvalue weighted by molar-refractivity contribution is -0.0105. The maximum absolute atomic E-state index is 8.69. The largest absolute Gasteiger partial charge is 0.361 e. The number of allylic oxidation sites excluding steroid dienone is 2. The number of nitrogens with zero attached hydrogens (tertiary/aromatic N) is 3. The van der Waals surface area contributed by atoms with Crippen molar-refractivity contribution < 1.29 is 4.79 Å². The highest BCUT2D eigenvalue weighted by molar-refractivity contribution is 9.11. The van der Waals surface area contributed by atoms with Crippen molar-refractivity contribution in [3.63, 3.8) is 0 Å². The van der Waals surface area contributed by atoms with Gasteiger partial charge in [0, 0.05) is 10.6 Å². The molecule has 1 aliphatic rings. The fourth-order valence-electron chi connectivity index (χ4n) is 1.08. The van der Waals surface area contributed by atoms with Gasteiger partial charge in [-0.15, -0.1) is 0 Å². The minimum absolute atomic E-state index is 0.0660. The van der Waals surface area contributed by atoms with E-state index in [4.69, 9.17) is 5.53 Å². The average Bonchev–Trinajstić information content (AvgIpc) is 2.03. The number of halogens is 1. The summed E-state index contributed by atoms with van der Waals surface area (Å²) in [6, 6.07) is 0.0660. The van der Waals surface area contributed by atoms with Crippen LogP contribution in [-0.4, -0.2) is 35.5 Å². The molecule has 0 aromatic rings. The zero-order valence-corrected chi connectivity index (χ0v) is 8.62. The van der Waals surface area contributed by atoms with E-state index in [1.54, 1.807) is 6.08 Å². The van der Waals surface area contributed by atoms with Crippen LogP contribution in [0.5, 0.6) is 0 Å². The molecule has 1 rings (SSSR count). The van der Waals surface area contributed by atoms with E-state index in [9.17, 15) is 0 Å². The second kappa shape index (κ2) is 3.81. The highest BCUT2D eigenvalue weighted by atomic mass is 79.9. The van der Waals surface area contributed by atoms with E-state index in [1.165, 1.54) is 0 Å². The van der Waals surface area contributed by atoms with Gasteiger partial charge >= 0.3 is 5.71 Å². The van der Waals surface area contributed by atoms with E-state index in [0.29, 0.717) is 5.71 Å². The van der Waals surface area contributed by atoms with Crippen LogP contribution < -0.4 is 0 Å². The van der Waals surface area contributed by atoms with Gasteiger partial charge in [0.1, 0.15) is 6.04 Å². The van der Waals surface area contributed by atoms with Crippen molar-refractivity contribution in [1.29, 1.82) is 0 Å². The summed E-state index contributed by atoms with van der Waals surface area (Å²) in [7, 11) is 3.88. The van der Waals surface area contributed by atoms with Gasteiger partial charge in [0.25, 0.3) is 0 Å². The van der Waals surface area contributed by atoms with E-state index >= 15 is 0 Å². The Bertz CT molecular complexity index is 285. The van der Waals surface area contributed by atoms with Crippen LogP contribution in [0.1, 0.15) is 0 Å². The second-order valence-corrected chi connectivity index (χ2v) is 3.74. The summed E-state index contributed by atoms with van der Waals surface area (Å²) in [5, 5.41) is 0. The topological polar surface area (TPSA) is 39.6 Å². The molecular weight excluding hydrogens is 218 g/mol. The van der Waals surface area contributed by atoms with Crippen LogP contribution in [-0.2, 0) is 0 Å². The maximum Gasteiger partial charge on any atom is 0.313 e. The van der Waals surface area contributed by atoms with Gasteiger partial charge in [0.2, 0.25) is 0 Å². The molecule has 0 bridgehead atoms. The van der Waals surface area contributed by atoms with Gasteiger partial charge in [-0.2, -0.15) is 4.79 Å². The number of hydrogen-bond acceptors (Lipinski definition) is 1. The summed E-state index contributed by atoms with van der Waals surface area (Å²) in [5.41, 5.74) is 9.34. The number of hydrogen-bond donors (Lipinski definition) is 0. The van der Waals surface area contributed by atoms with E-state index < -0.39 is 0 Å². The highest BCUT2D eigenvalue weighted by Crippen LogP contribution is 2.15. The van der Waals surface area contributed by atoms with Crippen molar-refractivity contribution in [2.24, 2.45) is 0 Å². The summed E-state index contributed by atoms with van der Waals surface area (Å²) in [6.07, 6.45) is 5.71. The molecule has 0 aromatic carbocycles. The molecule has 0 heterocycles. The minimum atomic E-state index is 0.0660. The van der Waals surface area contributed by atoms with Crippen molar-refractivity contribution in [3.05, 3.63) is 28.2 Å². The summed E-state index contributed by atoms with van der Waals surface area (Å²) < 4.78 is 0.924. The van der Waals surface area contributed by atoms with Gasteiger partial charge in [-0.05, 0) is 20.2 Å². The molecule has 1 unspecified atom stereocenters. The molecule has 0 fully saturated rings. The standard InChI is InChI=1S/C8H10BrN3/c1-12(2)8-4-3-6(9)5-7(8)11-10/h3-5,8H,1-2H3. The Balaban J connectivity index is 2.96. The number of rotatable bonds is 1. The Kier molecular flexibility index (Phi) is 2.98. The van der Waals surface area contributed by atoms with E-state index in [1.807, 2.05) is 31.1 Å². The Morgan fingerprint density at radius 1 is 1.58 bits per heavy atom. The zero-order valence-electron chi connectivity index (χ0n) is 7.03. The monoisotopic (exact) mass is 227 g/mol. The molecule has 0 N–H and O–H groups in total. The van der Waals surface area contributed by atoms with Crippen LogP contribution in [0.25, 0.3) is 5.53 Å². The molecule has 12 heavy (non-hydrogen) atoms. The Hall–Kier alpha value is -0.700. The van der Waals surface area contributed by atoms with Crippen molar-refractivity contribution in [3.8, 4) is 0 Å². The van der Waals surface area contributed by atoms with Crippen LogP contribution in [0.15, 0.2) is 22.7 Å². The summed E-state index contributed by atoms with van der Waals surface area (Å²) in [5.74, 6) is 0. The predicted molar refractivity (Wildman–Crippen MR) is 52.3 cm³/mol. The molecule has 4 heteroatoms. The van der Waals surface area contributed by atoms with Gasteiger partial charge in [-0.3, -0.25) is 4.90 Å². The second-order valence-electron chi connectivity index (χ2n) is 2.82. The predicted octanol–water partition coefficient (Wildman–Crippen LogP) is 1.44. The van der Waals surface area contributed by atoms with Gasteiger partial charge in [-0.1, -0.05) is 22.0 Å². The zero-order chi connectivity index (χ0) is 9.14. The van der Waals surface area contributed by atoms with Gasteiger partial charge in [0.05, 0.1) is 0 Å². The van der Waals surface area contributed by atoms with Crippen LogP contribution in [0, 0.1) is 0 Å². The SMILES string of the molecule is CN(C)C1C=CC(Br)=CC1=[N+]=[N-]. The fourth-order valence-corrected chi connectivity index (χ4v) is 1.47. The van der Waals surface area contributed by atoms with E-state index in [0.717, 1.165) is 4.48 Å². The molecule has 0 spiro atoms. The first kappa shape index (κ1) is 9.39. The third kappa shape index (κ3) is 1.91. The molecule has 64 valence electrons. The molecule has 0 aromatic heterocycles. The number of likely N-dealkylation sites (N-methyl/N-ethyl adjacent to an activating group) is 1. The van der Waals surface area contributed by atoms with Crippen molar-refractivity contribution >= 4 is 21.6 Å². The lowest BCUT2D eigenvalue weighted by Crippen LogP contribution is -2.34. The summed E-state index contributed by atoms with van der Waals surface area (Å²) in [4.78, 5) is 5.19. The highest BCUT2D eigenvalue weighted by Gasteiger charge is 2.23. The molecular formula is C8H10BrN3. The van der Waals surface area contributed by atoms with E-state index in [2.05, 4.69) is 20.7 Å². The summed E-state index contributed by atoms with van der Waals surface area (Å²) in [6.45, 7) is 0. The van der Waals surface area contributed by atoms with E-state index in [-0.39, 0.29) is 6.04 Å².